The molecule has 0 aliphatic carbocycles. The smallest absolute Gasteiger partial charge is 0.224 e. The highest BCUT2D eigenvalue weighted by molar-refractivity contribution is 6.35. The second-order valence-corrected chi connectivity index (χ2v) is 5.91. The summed E-state index contributed by atoms with van der Waals surface area (Å²) in [6, 6.07) is 15.6. The van der Waals surface area contributed by atoms with Crippen LogP contribution in [0.3, 0.4) is 0 Å². The first-order valence-electron chi connectivity index (χ1n) is 7.73. The van der Waals surface area contributed by atoms with Gasteiger partial charge in [0, 0.05) is 35.9 Å². The highest BCUT2D eigenvalue weighted by atomic mass is 35.5. The van der Waals surface area contributed by atoms with Crippen molar-refractivity contribution in [1.82, 2.24) is 10.3 Å². The van der Waals surface area contributed by atoms with Gasteiger partial charge in [-0.25, -0.2) is 0 Å². The summed E-state index contributed by atoms with van der Waals surface area (Å²) in [6.07, 6.45) is 2.16. The summed E-state index contributed by atoms with van der Waals surface area (Å²) in [7, 11) is 1.64. The summed E-state index contributed by atoms with van der Waals surface area (Å²) in [6.45, 7) is 0.652. The molecular formula is C19H18ClN3O. The molecule has 0 fully saturated rings. The number of hydrogen-bond donors (Lipinski definition) is 2. The number of fused-ring (bicyclic) bond motifs is 1. The van der Waals surface area contributed by atoms with E-state index in [1.807, 2.05) is 48.5 Å². The van der Waals surface area contributed by atoms with Crippen LogP contribution in [0, 0.1) is 0 Å². The monoisotopic (exact) mass is 339 g/mol. The topological polar surface area (TPSA) is 54.0 Å². The first kappa shape index (κ1) is 16.3. The van der Waals surface area contributed by atoms with Crippen LogP contribution in [0.15, 0.2) is 54.7 Å². The third-order valence-electron chi connectivity index (χ3n) is 3.88. The first-order valence-corrected chi connectivity index (χ1v) is 8.10. The van der Waals surface area contributed by atoms with Crippen LogP contribution in [-0.4, -0.2) is 17.9 Å². The highest BCUT2D eigenvalue weighted by Gasteiger charge is 2.06. The number of hydrogen-bond acceptors (Lipinski definition) is 3. The molecule has 4 nitrogen and oxygen atoms in total. The fraction of sp³-hybridized carbons (Fsp3) is 0.158. The van der Waals surface area contributed by atoms with Gasteiger partial charge in [0.1, 0.15) is 0 Å². The summed E-state index contributed by atoms with van der Waals surface area (Å²) in [5.74, 6) is 0.00872. The van der Waals surface area contributed by atoms with Gasteiger partial charge in [0.05, 0.1) is 11.9 Å². The standard InChI is InChI=1S/C19H18ClN3O/c1-21-18(24)11-13-4-7-15(8-5-13)23-12-14-6-9-17(20)16-3-2-10-22-19(14)16/h2-10,23H,11-12H2,1H3,(H,21,24). The Morgan fingerprint density at radius 1 is 1.12 bits per heavy atom. The summed E-state index contributed by atoms with van der Waals surface area (Å²) in [5.41, 5.74) is 3.98. The van der Waals surface area contributed by atoms with Crippen molar-refractivity contribution >= 4 is 34.1 Å². The quantitative estimate of drug-likeness (QED) is 0.743. The Hall–Kier alpha value is -2.59. The molecule has 3 rings (SSSR count). The van der Waals surface area contributed by atoms with Crippen LogP contribution in [0.2, 0.25) is 5.02 Å². The number of likely N-dealkylation sites (N-methyl/N-ethyl adjacent to an activating group) is 1. The normalized spacial score (nSPS) is 10.6. The van der Waals surface area contributed by atoms with Crippen LogP contribution in [0.5, 0.6) is 0 Å². The molecule has 0 aliphatic rings. The Morgan fingerprint density at radius 3 is 2.67 bits per heavy atom. The van der Waals surface area contributed by atoms with Gasteiger partial charge < -0.3 is 10.6 Å². The SMILES string of the molecule is CNC(=O)Cc1ccc(NCc2ccc(Cl)c3cccnc23)cc1. The highest BCUT2D eigenvalue weighted by Crippen LogP contribution is 2.25. The van der Waals surface area contributed by atoms with Crippen LogP contribution in [0.4, 0.5) is 5.69 Å². The van der Waals surface area contributed by atoms with E-state index in [0.29, 0.717) is 18.0 Å². The van der Waals surface area contributed by atoms with E-state index in [1.165, 1.54) is 0 Å². The fourth-order valence-corrected chi connectivity index (χ4v) is 2.77. The number of amides is 1. The maximum Gasteiger partial charge on any atom is 0.224 e. The molecule has 122 valence electrons. The van der Waals surface area contributed by atoms with E-state index in [4.69, 9.17) is 11.6 Å². The van der Waals surface area contributed by atoms with Crippen LogP contribution >= 0.6 is 11.6 Å². The van der Waals surface area contributed by atoms with Crippen molar-refractivity contribution in [2.24, 2.45) is 0 Å². The Bertz CT molecular complexity index is 862. The molecule has 1 aromatic heterocycles. The minimum atomic E-state index is 0.00872. The van der Waals surface area contributed by atoms with E-state index >= 15 is 0 Å². The zero-order chi connectivity index (χ0) is 16.9. The van der Waals surface area contributed by atoms with E-state index in [1.54, 1.807) is 13.2 Å². The van der Waals surface area contributed by atoms with E-state index in [2.05, 4.69) is 15.6 Å². The summed E-state index contributed by atoms with van der Waals surface area (Å²) in [5, 5.41) is 7.67. The molecule has 0 spiro atoms. The summed E-state index contributed by atoms with van der Waals surface area (Å²) >= 11 is 6.22. The molecule has 0 bridgehead atoms. The molecule has 0 saturated carbocycles. The third kappa shape index (κ3) is 3.66. The van der Waals surface area contributed by atoms with Crippen LogP contribution in [0.1, 0.15) is 11.1 Å². The van der Waals surface area contributed by atoms with E-state index in [0.717, 1.165) is 27.7 Å². The van der Waals surface area contributed by atoms with Gasteiger partial charge in [-0.2, -0.15) is 0 Å². The molecule has 1 heterocycles. The zero-order valence-corrected chi connectivity index (χ0v) is 14.1. The molecule has 3 aromatic rings. The number of halogens is 1. The van der Waals surface area contributed by atoms with Crippen molar-refractivity contribution in [1.29, 1.82) is 0 Å². The van der Waals surface area contributed by atoms with Gasteiger partial charge in [0.25, 0.3) is 0 Å². The van der Waals surface area contributed by atoms with Crippen molar-refractivity contribution in [3.8, 4) is 0 Å². The molecule has 0 radical (unpaired) electrons. The predicted octanol–water partition coefficient (Wildman–Crippen LogP) is 3.79. The minimum Gasteiger partial charge on any atom is -0.381 e. The van der Waals surface area contributed by atoms with E-state index in [-0.39, 0.29) is 5.91 Å². The Labute approximate surface area is 145 Å². The molecule has 24 heavy (non-hydrogen) atoms. The molecule has 1 amide bonds. The summed E-state index contributed by atoms with van der Waals surface area (Å²) < 4.78 is 0. The maximum absolute atomic E-state index is 11.4. The second-order valence-electron chi connectivity index (χ2n) is 5.51. The lowest BCUT2D eigenvalue weighted by Crippen LogP contribution is -2.19. The first-order chi connectivity index (χ1) is 11.7. The molecule has 0 aliphatic heterocycles. The third-order valence-corrected chi connectivity index (χ3v) is 4.21. The predicted molar refractivity (Wildman–Crippen MR) is 98.3 cm³/mol. The second kappa shape index (κ2) is 7.32. The number of carbonyl (C=O) groups excluding carboxylic acids is 1. The number of aromatic nitrogens is 1. The molecule has 0 atom stereocenters. The average molecular weight is 340 g/mol. The lowest BCUT2D eigenvalue weighted by molar-refractivity contribution is -0.119. The van der Waals surface area contributed by atoms with Gasteiger partial charge in [0.2, 0.25) is 5.91 Å². The van der Waals surface area contributed by atoms with Gasteiger partial charge in [-0.15, -0.1) is 0 Å². The number of benzene rings is 2. The van der Waals surface area contributed by atoms with Crippen molar-refractivity contribution < 1.29 is 4.79 Å². The Morgan fingerprint density at radius 2 is 1.92 bits per heavy atom. The zero-order valence-electron chi connectivity index (χ0n) is 13.3. The van der Waals surface area contributed by atoms with Gasteiger partial charge in [-0.1, -0.05) is 29.8 Å². The maximum atomic E-state index is 11.4. The van der Waals surface area contributed by atoms with Crippen molar-refractivity contribution in [3.63, 3.8) is 0 Å². The molecule has 2 aromatic carbocycles. The van der Waals surface area contributed by atoms with Crippen molar-refractivity contribution in [2.75, 3.05) is 12.4 Å². The van der Waals surface area contributed by atoms with Crippen LogP contribution in [0.25, 0.3) is 10.9 Å². The van der Waals surface area contributed by atoms with Crippen LogP contribution in [-0.2, 0) is 17.8 Å². The van der Waals surface area contributed by atoms with Crippen LogP contribution < -0.4 is 10.6 Å². The number of pyridine rings is 1. The van der Waals surface area contributed by atoms with Crippen molar-refractivity contribution in [2.45, 2.75) is 13.0 Å². The molecule has 0 unspecified atom stereocenters. The largest absolute Gasteiger partial charge is 0.381 e. The van der Waals surface area contributed by atoms with Gasteiger partial charge >= 0.3 is 0 Å². The number of nitrogens with zero attached hydrogens (tertiary/aromatic N) is 1. The van der Waals surface area contributed by atoms with Gasteiger partial charge in [-0.05, 0) is 41.5 Å². The van der Waals surface area contributed by atoms with Gasteiger partial charge in [-0.3, -0.25) is 9.78 Å². The molecular weight excluding hydrogens is 322 g/mol. The number of carbonyl (C=O) groups is 1. The minimum absolute atomic E-state index is 0.00872. The molecule has 2 N–H and O–H groups in total. The summed E-state index contributed by atoms with van der Waals surface area (Å²) in [4.78, 5) is 15.8. The van der Waals surface area contributed by atoms with E-state index < -0.39 is 0 Å². The van der Waals surface area contributed by atoms with Gasteiger partial charge in [0.15, 0.2) is 0 Å². The number of nitrogens with one attached hydrogen (secondary N) is 2. The number of rotatable bonds is 5. The van der Waals surface area contributed by atoms with Crippen molar-refractivity contribution in [3.05, 3.63) is 70.9 Å². The Kier molecular flexibility index (Phi) is 4.96. The molecule has 0 saturated heterocycles. The average Bonchev–Trinajstić information content (AvgIpc) is 2.62. The number of anilines is 1. The lowest BCUT2D eigenvalue weighted by Gasteiger charge is -2.10. The fourth-order valence-electron chi connectivity index (χ4n) is 2.55. The lowest BCUT2D eigenvalue weighted by atomic mass is 10.1. The Balaban J connectivity index is 1.72. The van der Waals surface area contributed by atoms with E-state index in [9.17, 15) is 4.79 Å². The molecule has 5 heteroatoms.